The third kappa shape index (κ3) is 6.82. The molecule has 3 rings (SSSR count). The van der Waals surface area contributed by atoms with E-state index in [0.717, 1.165) is 16.8 Å². The quantitative estimate of drug-likeness (QED) is 0.299. The second kappa shape index (κ2) is 11.8. The summed E-state index contributed by atoms with van der Waals surface area (Å²) in [5.41, 5.74) is 4.75. The minimum Gasteiger partial charge on any atom is -0.342 e. The van der Waals surface area contributed by atoms with Crippen LogP contribution in [0.25, 0.3) is 0 Å². The fourth-order valence-electron chi connectivity index (χ4n) is 3.54. The summed E-state index contributed by atoms with van der Waals surface area (Å²) in [6.07, 6.45) is 1.76. The number of carbonyl (C=O) groups is 2. The summed E-state index contributed by atoms with van der Waals surface area (Å²) < 4.78 is 1.90. The maximum Gasteiger partial charge on any atom is 0.251 e. The Hall–Kier alpha value is -3.39. The van der Waals surface area contributed by atoms with Gasteiger partial charge in [0.1, 0.15) is 0 Å². The van der Waals surface area contributed by atoms with Gasteiger partial charge in [-0.25, -0.2) is 0 Å². The first kappa shape index (κ1) is 26.2. The Balaban J connectivity index is 1.74. The van der Waals surface area contributed by atoms with E-state index in [-0.39, 0.29) is 29.5 Å². The van der Waals surface area contributed by atoms with E-state index in [9.17, 15) is 9.59 Å². The van der Waals surface area contributed by atoms with Crippen LogP contribution in [0.15, 0.2) is 60.3 Å². The molecule has 0 saturated heterocycles. The average molecular weight is 492 g/mol. The number of hydrogen-bond acceptors (Lipinski definition) is 5. The van der Waals surface area contributed by atoms with Gasteiger partial charge in [-0.1, -0.05) is 55.4 Å². The van der Waals surface area contributed by atoms with Crippen LogP contribution in [-0.2, 0) is 11.3 Å². The SMILES string of the molecule is C=CCn1c(SCC(=O)Nc2ccc(C)c(C)c2)nnc1[C@@H](NC(=O)c1ccc(C)cc1)C(C)C. The predicted octanol–water partition coefficient (Wildman–Crippen LogP) is 5.25. The zero-order chi connectivity index (χ0) is 25.5. The van der Waals surface area contributed by atoms with E-state index in [1.165, 1.54) is 17.3 Å². The van der Waals surface area contributed by atoms with Crippen molar-refractivity contribution in [3.63, 3.8) is 0 Å². The van der Waals surface area contributed by atoms with Gasteiger partial charge >= 0.3 is 0 Å². The zero-order valence-electron chi connectivity index (χ0n) is 21.0. The highest BCUT2D eigenvalue weighted by atomic mass is 32.2. The maximum atomic E-state index is 12.9. The number of carbonyl (C=O) groups excluding carboxylic acids is 2. The summed E-state index contributed by atoms with van der Waals surface area (Å²) in [5.74, 6) is 0.602. The molecular formula is C27H33N5O2S. The van der Waals surface area contributed by atoms with Gasteiger partial charge in [0.15, 0.2) is 11.0 Å². The topological polar surface area (TPSA) is 88.9 Å². The number of amides is 2. The molecule has 1 heterocycles. The van der Waals surface area contributed by atoms with E-state index in [0.29, 0.717) is 23.1 Å². The number of allylic oxidation sites excluding steroid dienone is 1. The molecule has 1 aromatic heterocycles. The number of hydrogen-bond donors (Lipinski definition) is 2. The lowest BCUT2D eigenvalue weighted by Crippen LogP contribution is -2.33. The minimum atomic E-state index is -0.352. The van der Waals surface area contributed by atoms with E-state index in [4.69, 9.17) is 0 Å². The molecule has 0 aliphatic carbocycles. The van der Waals surface area contributed by atoms with Gasteiger partial charge in [0.05, 0.1) is 11.8 Å². The molecule has 0 aliphatic rings. The molecule has 0 fully saturated rings. The van der Waals surface area contributed by atoms with Gasteiger partial charge in [-0.15, -0.1) is 16.8 Å². The van der Waals surface area contributed by atoms with Crippen molar-refractivity contribution in [1.82, 2.24) is 20.1 Å². The van der Waals surface area contributed by atoms with Crippen LogP contribution in [0.1, 0.15) is 52.8 Å². The predicted molar refractivity (Wildman–Crippen MR) is 142 cm³/mol. The first-order chi connectivity index (χ1) is 16.7. The third-order valence-electron chi connectivity index (χ3n) is 5.73. The molecule has 2 N–H and O–H groups in total. The number of rotatable bonds is 10. The summed E-state index contributed by atoms with van der Waals surface area (Å²) in [7, 11) is 0. The van der Waals surface area contributed by atoms with Crippen molar-refractivity contribution in [1.29, 1.82) is 0 Å². The Bertz CT molecular complexity index is 1200. The highest BCUT2D eigenvalue weighted by molar-refractivity contribution is 7.99. The average Bonchev–Trinajstić information content (AvgIpc) is 3.21. The van der Waals surface area contributed by atoms with Crippen LogP contribution in [0.5, 0.6) is 0 Å². The van der Waals surface area contributed by atoms with E-state index in [1.807, 2.05) is 81.7 Å². The fourth-order valence-corrected chi connectivity index (χ4v) is 4.30. The number of anilines is 1. The number of benzene rings is 2. The van der Waals surface area contributed by atoms with Crippen LogP contribution >= 0.6 is 11.8 Å². The van der Waals surface area contributed by atoms with Crippen LogP contribution in [0, 0.1) is 26.7 Å². The first-order valence-corrected chi connectivity index (χ1v) is 12.6. The van der Waals surface area contributed by atoms with Gasteiger partial charge in [0, 0.05) is 17.8 Å². The molecule has 0 spiro atoms. The third-order valence-corrected chi connectivity index (χ3v) is 6.69. The fraction of sp³-hybridized carbons (Fsp3) is 0.333. The summed E-state index contributed by atoms with van der Waals surface area (Å²) >= 11 is 1.31. The van der Waals surface area contributed by atoms with Crippen molar-refractivity contribution in [2.24, 2.45) is 5.92 Å². The molecule has 2 aromatic carbocycles. The molecule has 1 atom stereocenters. The summed E-state index contributed by atoms with van der Waals surface area (Å²) in [6, 6.07) is 12.9. The molecule has 0 bridgehead atoms. The zero-order valence-corrected chi connectivity index (χ0v) is 21.8. The summed E-state index contributed by atoms with van der Waals surface area (Å²) in [4.78, 5) is 25.5. The monoisotopic (exact) mass is 491 g/mol. The minimum absolute atomic E-state index is 0.0723. The Morgan fingerprint density at radius 3 is 2.40 bits per heavy atom. The first-order valence-electron chi connectivity index (χ1n) is 11.6. The Labute approximate surface area is 211 Å². The van der Waals surface area contributed by atoms with E-state index < -0.39 is 0 Å². The van der Waals surface area contributed by atoms with E-state index >= 15 is 0 Å². The standard InChI is InChI=1S/C27H33N5O2S/c1-7-14-32-25(24(17(2)3)29-26(34)21-11-8-18(4)9-12-21)30-31-27(32)35-16-23(33)28-22-13-10-19(5)20(6)15-22/h7-13,15,17,24H,1,14,16H2,2-6H3,(H,28,33)(H,29,34)/t24-/m0/s1. The second-order valence-corrected chi connectivity index (χ2v) is 9.88. The second-order valence-electron chi connectivity index (χ2n) is 8.94. The van der Waals surface area contributed by atoms with Gasteiger partial charge in [-0.3, -0.25) is 9.59 Å². The van der Waals surface area contributed by atoms with Crippen molar-refractivity contribution in [3.05, 3.63) is 83.2 Å². The van der Waals surface area contributed by atoms with Crippen LogP contribution in [0.3, 0.4) is 0 Å². The summed E-state index contributed by atoms with van der Waals surface area (Å²) in [5, 5.41) is 15.4. The van der Waals surface area contributed by atoms with E-state index in [2.05, 4.69) is 27.4 Å². The molecule has 8 heteroatoms. The van der Waals surface area contributed by atoms with Crippen LogP contribution in [0.2, 0.25) is 0 Å². The molecule has 2 amide bonds. The number of nitrogens with one attached hydrogen (secondary N) is 2. The Kier molecular flexibility index (Phi) is 8.87. The molecule has 0 saturated carbocycles. The van der Waals surface area contributed by atoms with Crippen molar-refractivity contribution in [2.75, 3.05) is 11.1 Å². The maximum absolute atomic E-state index is 12.9. The van der Waals surface area contributed by atoms with Crippen molar-refractivity contribution in [3.8, 4) is 0 Å². The molecule has 3 aromatic rings. The van der Waals surface area contributed by atoms with Crippen LogP contribution in [0.4, 0.5) is 5.69 Å². The Morgan fingerprint density at radius 2 is 1.77 bits per heavy atom. The molecule has 0 aliphatic heterocycles. The number of aromatic nitrogens is 3. The van der Waals surface area contributed by atoms with Crippen molar-refractivity contribution >= 4 is 29.3 Å². The van der Waals surface area contributed by atoms with Crippen LogP contribution < -0.4 is 10.6 Å². The molecule has 0 radical (unpaired) electrons. The highest BCUT2D eigenvalue weighted by Crippen LogP contribution is 2.26. The smallest absolute Gasteiger partial charge is 0.251 e. The van der Waals surface area contributed by atoms with Gasteiger partial charge < -0.3 is 15.2 Å². The number of nitrogens with zero attached hydrogens (tertiary/aromatic N) is 3. The van der Waals surface area contributed by atoms with Crippen molar-refractivity contribution in [2.45, 2.75) is 52.4 Å². The van der Waals surface area contributed by atoms with E-state index in [1.54, 1.807) is 6.08 Å². The lowest BCUT2D eigenvalue weighted by Gasteiger charge is -2.22. The normalized spacial score (nSPS) is 11.8. The van der Waals surface area contributed by atoms with Gasteiger partial charge in [0.25, 0.3) is 5.91 Å². The largest absolute Gasteiger partial charge is 0.342 e. The Morgan fingerprint density at radius 1 is 1.06 bits per heavy atom. The van der Waals surface area contributed by atoms with Gasteiger partial charge in [-0.2, -0.15) is 0 Å². The number of aryl methyl sites for hydroxylation is 3. The molecular weight excluding hydrogens is 458 g/mol. The highest BCUT2D eigenvalue weighted by Gasteiger charge is 2.26. The van der Waals surface area contributed by atoms with Gasteiger partial charge in [-0.05, 0) is 62.1 Å². The molecule has 7 nitrogen and oxygen atoms in total. The number of thioether (sulfide) groups is 1. The molecule has 0 unspecified atom stereocenters. The molecule has 184 valence electrons. The summed E-state index contributed by atoms with van der Waals surface area (Å²) in [6.45, 7) is 14.4. The lowest BCUT2D eigenvalue weighted by molar-refractivity contribution is -0.113. The lowest BCUT2D eigenvalue weighted by atomic mass is 10.0. The molecule has 35 heavy (non-hydrogen) atoms. The van der Waals surface area contributed by atoms with Gasteiger partial charge in [0.2, 0.25) is 5.91 Å². The van der Waals surface area contributed by atoms with Crippen LogP contribution in [-0.4, -0.2) is 32.3 Å². The van der Waals surface area contributed by atoms with Crippen molar-refractivity contribution < 1.29 is 9.59 Å².